The zero-order valence-electron chi connectivity index (χ0n) is 21.9. The number of hydrogen-bond acceptors (Lipinski definition) is 6. The SMILES string of the molecule is Cn1c(=O)c2c(ncn2CCCN2CCC(c3c[nH]c4ccccc34)CC2)n(C)c1=O.O=C(O)/C=C/C(=O)O. The molecule has 39 heavy (non-hydrogen) atoms. The standard InChI is InChI=1S/C23H28N6O2.C4H4O4/c1-26-21-20(22(30)27(2)23(26)31)29(15-25-21)11-5-10-28-12-8-16(9-13-28)18-14-24-19-7-4-3-6-17(18)19;5-3(6)1-2-4(7)8/h3-4,6-7,14-16,24H,5,8-13H2,1-2H3;1-2H,(H,5,6)(H,7,8)/b;2-1+. The average molecular weight is 537 g/mol. The van der Waals surface area contributed by atoms with Crippen LogP contribution in [0.25, 0.3) is 22.1 Å². The zero-order valence-corrected chi connectivity index (χ0v) is 21.9. The van der Waals surface area contributed by atoms with Crippen LogP contribution in [0.2, 0.25) is 0 Å². The summed E-state index contributed by atoms with van der Waals surface area (Å²) in [5, 5.41) is 17.0. The van der Waals surface area contributed by atoms with E-state index in [9.17, 15) is 19.2 Å². The summed E-state index contributed by atoms with van der Waals surface area (Å²) in [6.45, 7) is 3.88. The van der Waals surface area contributed by atoms with Crippen LogP contribution in [0, 0.1) is 0 Å². The van der Waals surface area contributed by atoms with E-state index in [-0.39, 0.29) is 11.2 Å². The molecule has 1 fully saturated rings. The number of nitrogens with one attached hydrogen (secondary N) is 1. The molecule has 4 heterocycles. The summed E-state index contributed by atoms with van der Waals surface area (Å²) >= 11 is 0. The van der Waals surface area contributed by atoms with Crippen LogP contribution in [0.4, 0.5) is 0 Å². The Morgan fingerprint density at radius 1 is 1.03 bits per heavy atom. The quantitative estimate of drug-likeness (QED) is 0.303. The van der Waals surface area contributed by atoms with E-state index in [1.807, 2.05) is 4.57 Å². The maximum atomic E-state index is 12.6. The van der Waals surface area contributed by atoms with E-state index < -0.39 is 11.9 Å². The first kappa shape index (κ1) is 27.6. The Balaban J connectivity index is 0.000000386. The van der Waals surface area contributed by atoms with Crippen molar-refractivity contribution in [2.24, 2.45) is 14.1 Å². The Labute approximate surface area is 223 Å². The fourth-order valence-corrected chi connectivity index (χ4v) is 5.07. The van der Waals surface area contributed by atoms with Gasteiger partial charge in [-0.15, -0.1) is 0 Å². The van der Waals surface area contributed by atoms with Crippen LogP contribution in [-0.2, 0) is 30.2 Å². The molecule has 1 saturated heterocycles. The van der Waals surface area contributed by atoms with Crippen molar-refractivity contribution in [1.29, 1.82) is 0 Å². The third-order valence-electron chi connectivity index (χ3n) is 7.11. The van der Waals surface area contributed by atoms with E-state index in [2.05, 4.69) is 45.3 Å². The highest BCUT2D eigenvalue weighted by Crippen LogP contribution is 2.33. The fraction of sp³-hybridized carbons (Fsp3) is 0.370. The number of aromatic amines is 1. The lowest BCUT2D eigenvalue weighted by Gasteiger charge is -2.32. The summed E-state index contributed by atoms with van der Waals surface area (Å²) in [5.41, 5.74) is 2.99. The van der Waals surface area contributed by atoms with Crippen LogP contribution in [0.3, 0.4) is 0 Å². The molecule has 0 amide bonds. The smallest absolute Gasteiger partial charge is 0.332 e. The zero-order chi connectivity index (χ0) is 28.1. The maximum absolute atomic E-state index is 12.6. The molecule has 5 rings (SSSR count). The number of piperidine rings is 1. The Morgan fingerprint density at radius 3 is 2.36 bits per heavy atom. The van der Waals surface area contributed by atoms with Gasteiger partial charge in [-0.05, 0) is 56.4 Å². The van der Waals surface area contributed by atoms with Crippen LogP contribution in [0.1, 0.15) is 30.7 Å². The highest BCUT2D eigenvalue weighted by Gasteiger charge is 2.22. The van der Waals surface area contributed by atoms with E-state index in [1.54, 1.807) is 13.4 Å². The van der Waals surface area contributed by atoms with Gasteiger partial charge in [0, 0.05) is 49.9 Å². The van der Waals surface area contributed by atoms with E-state index in [1.165, 1.54) is 40.9 Å². The number of carboxylic acids is 2. The van der Waals surface area contributed by atoms with E-state index in [0.717, 1.165) is 30.6 Å². The molecule has 0 radical (unpaired) electrons. The lowest BCUT2D eigenvalue weighted by molar-refractivity contribution is -0.134. The van der Waals surface area contributed by atoms with Gasteiger partial charge in [-0.25, -0.2) is 19.4 Å². The summed E-state index contributed by atoms with van der Waals surface area (Å²) in [6, 6.07) is 8.53. The van der Waals surface area contributed by atoms with Crippen molar-refractivity contribution in [3.63, 3.8) is 0 Å². The molecule has 1 aliphatic heterocycles. The number of nitrogens with zero attached hydrogens (tertiary/aromatic N) is 5. The van der Waals surface area contributed by atoms with Gasteiger partial charge >= 0.3 is 17.6 Å². The normalized spacial score (nSPS) is 14.6. The average Bonchev–Trinajstić information content (AvgIpc) is 3.55. The second-order valence-corrected chi connectivity index (χ2v) is 9.58. The lowest BCUT2D eigenvalue weighted by Crippen LogP contribution is -2.37. The molecule has 12 nitrogen and oxygen atoms in total. The monoisotopic (exact) mass is 536 g/mol. The van der Waals surface area contributed by atoms with Gasteiger partial charge < -0.3 is 24.7 Å². The van der Waals surface area contributed by atoms with Gasteiger partial charge in [-0.3, -0.25) is 13.9 Å². The first-order valence-electron chi connectivity index (χ1n) is 12.7. The van der Waals surface area contributed by atoms with Crippen molar-refractivity contribution >= 4 is 34.0 Å². The number of H-pyrrole nitrogens is 1. The van der Waals surface area contributed by atoms with Crippen LogP contribution >= 0.6 is 0 Å². The van der Waals surface area contributed by atoms with Crippen molar-refractivity contribution < 1.29 is 19.8 Å². The third-order valence-corrected chi connectivity index (χ3v) is 7.11. The lowest BCUT2D eigenvalue weighted by atomic mass is 9.89. The molecule has 0 unspecified atom stereocenters. The van der Waals surface area contributed by atoms with Crippen molar-refractivity contribution in [2.45, 2.75) is 31.7 Å². The second kappa shape index (κ2) is 11.9. The largest absolute Gasteiger partial charge is 0.478 e. The number of benzene rings is 1. The van der Waals surface area contributed by atoms with E-state index >= 15 is 0 Å². The van der Waals surface area contributed by atoms with Crippen LogP contribution < -0.4 is 11.2 Å². The fourth-order valence-electron chi connectivity index (χ4n) is 5.07. The van der Waals surface area contributed by atoms with Crippen molar-refractivity contribution in [1.82, 2.24) is 28.6 Å². The molecule has 1 aliphatic rings. The van der Waals surface area contributed by atoms with Gasteiger partial charge in [0.25, 0.3) is 5.56 Å². The number of aromatic nitrogens is 5. The Bertz CT molecular complexity index is 1620. The minimum Gasteiger partial charge on any atom is -0.478 e. The number of carbonyl (C=O) groups is 2. The topological polar surface area (TPSA) is 155 Å². The number of hydrogen-bond donors (Lipinski definition) is 3. The molecular weight excluding hydrogens is 504 g/mol. The number of aliphatic carboxylic acids is 2. The number of carboxylic acid groups (broad SMARTS) is 2. The Hall–Kier alpha value is -4.45. The number of fused-ring (bicyclic) bond motifs is 2. The Kier molecular flexibility index (Phi) is 8.45. The maximum Gasteiger partial charge on any atom is 0.332 e. The molecule has 0 aliphatic carbocycles. The van der Waals surface area contributed by atoms with Gasteiger partial charge in [0.15, 0.2) is 11.2 Å². The molecule has 0 atom stereocenters. The van der Waals surface area contributed by atoms with Crippen molar-refractivity contribution in [2.75, 3.05) is 19.6 Å². The van der Waals surface area contributed by atoms with Gasteiger partial charge in [0.1, 0.15) is 0 Å². The minimum absolute atomic E-state index is 0.282. The summed E-state index contributed by atoms with van der Waals surface area (Å²) in [7, 11) is 3.17. The molecule has 1 aromatic carbocycles. The Morgan fingerprint density at radius 2 is 1.69 bits per heavy atom. The number of imidazole rings is 1. The number of rotatable bonds is 7. The number of para-hydroxylation sites is 1. The highest BCUT2D eigenvalue weighted by molar-refractivity contribution is 5.89. The van der Waals surface area contributed by atoms with Crippen LogP contribution in [0.15, 0.2) is 58.5 Å². The van der Waals surface area contributed by atoms with Crippen molar-refractivity contribution in [3.8, 4) is 0 Å². The van der Waals surface area contributed by atoms with Gasteiger partial charge in [0.05, 0.1) is 6.33 Å². The molecule has 12 heteroatoms. The molecule has 3 N–H and O–H groups in total. The summed E-state index contributed by atoms with van der Waals surface area (Å²) in [4.78, 5) is 54.0. The van der Waals surface area contributed by atoms with Gasteiger partial charge in [0.2, 0.25) is 0 Å². The van der Waals surface area contributed by atoms with E-state index in [0.29, 0.717) is 35.8 Å². The molecule has 4 aromatic rings. The summed E-state index contributed by atoms with van der Waals surface area (Å²) < 4.78 is 4.47. The number of aryl methyl sites for hydroxylation is 2. The second-order valence-electron chi connectivity index (χ2n) is 9.58. The molecule has 206 valence electrons. The minimum atomic E-state index is -1.26. The molecule has 0 bridgehead atoms. The highest BCUT2D eigenvalue weighted by atomic mass is 16.4. The predicted molar refractivity (Wildman–Crippen MR) is 146 cm³/mol. The van der Waals surface area contributed by atoms with Crippen molar-refractivity contribution in [3.05, 3.63) is 75.3 Å². The predicted octanol–water partition coefficient (Wildman–Crippen LogP) is 1.90. The van der Waals surface area contributed by atoms with E-state index in [4.69, 9.17) is 10.2 Å². The molecule has 0 spiro atoms. The molecule has 3 aromatic heterocycles. The summed E-state index contributed by atoms with van der Waals surface area (Å²) in [6.07, 6.45) is 8.24. The summed E-state index contributed by atoms with van der Waals surface area (Å²) in [5.74, 6) is -1.91. The number of likely N-dealkylation sites (tertiary alicyclic amines) is 1. The van der Waals surface area contributed by atoms with Crippen LogP contribution in [-0.4, -0.2) is 70.4 Å². The molecular formula is C27H32N6O6. The van der Waals surface area contributed by atoms with Gasteiger partial charge in [-0.2, -0.15) is 0 Å². The third kappa shape index (κ3) is 6.17. The molecule has 0 saturated carbocycles. The van der Waals surface area contributed by atoms with Crippen LogP contribution in [0.5, 0.6) is 0 Å². The van der Waals surface area contributed by atoms with Gasteiger partial charge in [-0.1, -0.05) is 18.2 Å². The first-order chi connectivity index (χ1) is 18.7. The first-order valence-corrected chi connectivity index (χ1v) is 12.7.